The molecule has 0 fully saturated rings. The highest BCUT2D eigenvalue weighted by Crippen LogP contribution is 2.38. The van der Waals surface area contributed by atoms with Crippen molar-refractivity contribution in [1.29, 1.82) is 0 Å². The lowest BCUT2D eigenvalue weighted by atomic mass is 9.89. The first-order chi connectivity index (χ1) is 15.7. The molecule has 0 radical (unpaired) electrons. The molecule has 1 aromatic heterocycles. The van der Waals surface area contributed by atoms with E-state index in [1.807, 2.05) is 12.1 Å². The fourth-order valence-corrected chi connectivity index (χ4v) is 3.96. The lowest BCUT2D eigenvalue weighted by molar-refractivity contribution is -0.140. The van der Waals surface area contributed by atoms with Crippen molar-refractivity contribution in [2.75, 3.05) is 23.3 Å². The molecule has 8 N–H and O–H groups in total. The number of anilines is 3. The van der Waals surface area contributed by atoms with E-state index in [9.17, 15) is 19.5 Å². The summed E-state index contributed by atoms with van der Waals surface area (Å²) in [5, 5.41) is 23.5. The van der Waals surface area contributed by atoms with Crippen LogP contribution in [0, 0.1) is 0 Å². The van der Waals surface area contributed by atoms with Gasteiger partial charge in [-0.05, 0) is 42.9 Å². The minimum absolute atomic E-state index is 0.147. The monoisotopic (exact) mass is 456 g/mol. The largest absolute Gasteiger partial charge is 0.481 e. The molecule has 0 bridgehead atoms. The van der Waals surface area contributed by atoms with Crippen molar-refractivity contribution < 1.29 is 24.6 Å². The number of carbonyl (C=O) groups is 3. The van der Waals surface area contributed by atoms with Gasteiger partial charge in [-0.25, -0.2) is 4.79 Å². The molecule has 1 aromatic carbocycles. The van der Waals surface area contributed by atoms with E-state index in [0.29, 0.717) is 17.2 Å². The Morgan fingerprint density at radius 2 is 1.85 bits per heavy atom. The number of nitrogens with two attached hydrogens (primary N) is 2. The van der Waals surface area contributed by atoms with E-state index >= 15 is 0 Å². The minimum atomic E-state index is -1.27. The van der Waals surface area contributed by atoms with E-state index in [-0.39, 0.29) is 30.6 Å². The Morgan fingerprint density at radius 3 is 2.48 bits per heavy atom. The summed E-state index contributed by atoms with van der Waals surface area (Å²) in [6, 6.07) is 5.69. The zero-order valence-electron chi connectivity index (χ0n) is 18.2. The second kappa shape index (κ2) is 10.2. The molecule has 3 rings (SSSR count). The van der Waals surface area contributed by atoms with Gasteiger partial charge in [0, 0.05) is 30.0 Å². The van der Waals surface area contributed by atoms with E-state index in [1.54, 1.807) is 12.1 Å². The second-order valence-corrected chi connectivity index (χ2v) is 8.20. The first kappa shape index (κ1) is 23.8. The number of nitrogen functional groups attached to an aromatic ring is 2. The molecule has 1 aliphatic rings. The van der Waals surface area contributed by atoms with Crippen molar-refractivity contribution in [3.8, 4) is 0 Å². The van der Waals surface area contributed by atoms with Crippen molar-refractivity contribution in [2.45, 2.75) is 50.5 Å². The van der Waals surface area contributed by atoms with Crippen molar-refractivity contribution in [3.05, 3.63) is 41.0 Å². The molecule has 3 atom stereocenters. The summed E-state index contributed by atoms with van der Waals surface area (Å²) in [5.74, 6) is -1.31. The molecule has 0 saturated carbocycles. The third-order valence-corrected chi connectivity index (χ3v) is 5.86. The van der Waals surface area contributed by atoms with Crippen LogP contribution in [0.3, 0.4) is 0 Å². The first-order valence-corrected chi connectivity index (χ1v) is 10.7. The smallest absolute Gasteiger partial charge is 0.326 e. The molecule has 11 nitrogen and oxygen atoms in total. The van der Waals surface area contributed by atoms with E-state index in [1.165, 1.54) is 0 Å². The van der Waals surface area contributed by atoms with Gasteiger partial charge in [0.05, 0.1) is 0 Å². The number of nitrogens with one attached hydrogen (secondary N) is 2. The maximum atomic E-state index is 12.4. The molecule has 0 spiro atoms. The zero-order valence-corrected chi connectivity index (χ0v) is 18.2. The van der Waals surface area contributed by atoms with Gasteiger partial charge >= 0.3 is 11.9 Å². The molecule has 2 heterocycles. The van der Waals surface area contributed by atoms with Gasteiger partial charge in [-0.2, -0.15) is 9.97 Å². The van der Waals surface area contributed by atoms with Crippen LogP contribution in [0.1, 0.15) is 65.9 Å². The van der Waals surface area contributed by atoms with E-state index in [2.05, 4.69) is 27.5 Å². The predicted octanol–water partition coefficient (Wildman–Crippen LogP) is 1.78. The predicted molar refractivity (Wildman–Crippen MR) is 122 cm³/mol. The minimum Gasteiger partial charge on any atom is -0.481 e. The molecule has 2 aromatic rings. The van der Waals surface area contributed by atoms with Gasteiger partial charge in [-0.1, -0.05) is 19.1 Å². The van der Waals surface area contributed by atoms with Crippen LogP contribution >= 0.6 is 0 Å². The Kier molecular flexibility index (Phi) is 7.31. The number of carboxylic acids is 2. The molecule has 33 heavy (non-hydrogen) atoms. The number of fused-ring (bicyclic) bond motifs is 1. The fourth-order valence-electron chi connectivity index (χ4n) is 3.96. The Bertz CT molecular complexity index is 1040. The van der Waals surface area contributed by atoms with Gasteiger partial charge in [0.15, 0.2) is 0 Å². The van der Waals surface area contributed by atoms with Crippen molar-refractivity contribution in [1.82, 2.24) is 15.3 Å². The summed E-state index contributed by atoms with van der Waals surface area (Å²) < 4.78 is 0. The molecular formula is C22H28N6O5. The zero-order chi connectivity index (χ0) is 24.1. The molecule has 2 unspecified atom stereocenters. The van der Waals surface area contributed by atoms with Gasteiger partial charge in [0.1, 0.15) is 17.7 Å². The summed E-state index contributed by atoms with van der Waals surface area (Å²) in [6.07, 6.45) is 1.20. The van der Waals surface area contributed by atoms with Crippen LogP contribution in [0.15, 0.2) is 24.3 Å². The normalized spacial score (nSPS) is 16.3. The van der Waals surface area contributed by atoms with Crippen LogP contribution < -0.4 is 22.1 Å². The number of aliphatic carboxylic acids is 2. The standard InChI is InChI=1S/C22H28N6O5/c1-11(2-3-14-10-25-19-17(14)18(23)27-22(24)28-19)12-4-6-13(7-5-12)20(31)26-15(21(32)33)8-9-16(29)30/h4-7,11,14-15H,2-3,8-10H2,1H3,(H,26,31)(H,29,30)(H,32,33)(H5,23,24,25,27,28)/t11?,14?,15-/m0/s1. The number of carboxylic acid groups (broad SMARTS) is 2. The van der Waals surface area contributed by atoms with Crippen LogP contribution in [0.4, 0.5) is 17.6 Å². The van der Waals surface area contributed by atoms with Crippen LogP contribution in [-0.4, -0.2) is 50.6 Å². The highest BCUT2D eigenvalue weighted by Gasteiger charge is 2.28. The number of nitrogens with zero attached hydrogens (tertiary/aromatic N) is 2. The van der Waals surface area contributed by atoms with Crippen LogP contribution in [0.5, 0.6) is 0 Å². The third-order valence-electron chi connectivity index (χ3n) is 5.86. The maximum Gasteiger partial charge on any atom is 0.326 e. The summed E-state index contributed by atoms with van der Waals surface area (Å²) in [5.41, 5.74) is 13.9. The van der Waals surface area contributed by atoms with Crippen LogP contribution in [0.2, 0.25) is 0 Å². The number of hydrogen-bond donors (Lipinski definition) is 6. The number of hydrogen-bond acceptors (Lipinski definition) is 8. The molecule has 176 valence electrons. The molecule has 0 saturated heterocycles. The first-order valence-electron chi connectivity index (χ1n) is 10.7. The third kappa shape index (κ3) is 5.88. The fraction of sp³-hybridized carbons (Fsp3) is 0.409. The average molecular weight is 457 g/mol. The topological polar surface area (TPSA) is 194 Å². The van der Waals surface area contributed by atoms with Crippen molar-refractivity contribution in [2.24, 2.45) is 0 Å². The number of aromatic nitrogens is 2. The van der Waals surface area contributed by atoms with E-state index in [4.69, 9.17) is 16.6 Å². The van der Waals surface area contributed by atoms with E-state index < -0.39 is 23.9 Å². The summed E-state index contributed by atoms with van der Waals surface area (Å²) >= 11 is 0. The van der Waals surface area contributed by atoms with Gasteiger partial charge < -0.3 is 32.3 Å². The molecule has 1 aliphatic heterocycles. The molecule has 11 heteroatoms. The Labute approximate surface area is 190 Å². The Hall–Kier alpha value is -3.89. The number of carbonyl (C=O) groups excluding carboxylic acids is 1. The number of rotatable bonds is 10. The van der Waals surface area contributed by atoms with Gasteiger partial charge in [0.25, 0.3) is 5.91 Å². The molecule has 0 aliphatic carbocycles. The quantitative estimate of drug-likeness (QED) is 0.307. The van der Waals surface area contributed by atoms with E-state index in [0.717, 1.165) is 30.5 Å². The maximum absolute atomic E-state index is 12.4. The van der Waals surface area contributed by atoms with Crippen molar-refractivity contribution in [3.63, 3.8) is 0 Å². The molecule has 1 amide bonds. The lowest BCUT2D eigenvalue weighted by Crippen LogP contribution is -2.41. The SMILES string of the molecule is CC(CCC1CNc2nc(N)nc(N)c21)c1ccc(C(=O)N[C@@H](CCC(=O)O)C(=O)O)cc1. The van der Waals surface area contributed by atoms with Crippen LogP contribution in [-0.2, 0) is 9.59 Å². The summed E-state index contributed by atoms with van der Waals surface area (Å²) in [7, 11) is 0. The Balaban J connectivity index is 1.57. The summed E-state index contributed by atoms with van der Waals surface area (Å²) in [4.78, 5) is 42.6. The van der Waals surface area contributed by atoms with Crippen molar-refractivity contribution >= 4 is 35.4 Å². The lowest BCUT2D eigenvalue weighted by Gasteiger charge is -2.17. The highest BCUT2D eigenvalue weighted by atomic mass is 16.4. The van der Waals surface area contributed by atoms with Gasteiger partial charge in [-0.15, -0.1) is 0 Å². The number of benzene rings is 1. The Morgan fingerprint density at radius 1 is 1.15 bits per heavy atom. The number of amides is 1. The highest BCUT2D eigenvalue weighted by molar-refractivity contribution is 5.96. The van der Waals surface area contributed by atoms with Gasteiger partial charge in [0.2, 0.25) is 5.95 Å². The second-order valence-electron chi connectivity index (χ2n) is 8.20. The van der Waals surface area contributed by atoms with Crippen LogP contribution in [0.25, 0.3) is 0 Å². The molecular weight excluding hydrogens is 428 g/mol. The summed E-state index contributed by atoms with van der Waals surface area (Å²) in [6.45, 7) is 2.81. The van der Waals surface area contributed by atoms with Gasteiger partial charge in [-0.3, -0.25) is 9.59 Å². The average Bonchev–Trinajstić information content (AvgIpc) is 3.17.